The molecule has 2 unspecified atom stereocenters. The highest BCUT2D eigenvalue weighted by molar-refractivity contribution is 5.81. The highest BCUT2D eigenvalue weighted by atomic mass is 16.2. The average Bonchev–Trinajstić information content (AvgIpc) is 2.34. The third-order valence-corrected chi connectivity index (χ3v) is 3.85. The minimum Gasteiger partial charge on any atom is -0.353 e. The minimum atomic E-state index is -0.0375. The predicted octanol–water partition coefficient (Wildman–Crippen LogP) is 2.14. The van der Waals surface area contributed by atoms with Crippen molar-refractivity contribution >= 4 is 5.91 Å². The quantitative estimate of drug-likeness (QED) is 0.812. The van der Waals surface area contributed by atoms with Gasteiger partial charge in [-0.05, 0) is 60.9 Å². The molecule has 0 bridgehead atoms. The van der Waals surface area contributed by atoms with Crippen LogP contribution in [0.15, 0.2) is 0 Å². The van der Waals surface area contributed by atoms with Crippen LogP contribution >= 0.6 is 0 Å². The number of hydrogen-bond acceptors (Lipinski definition) is 3. The molecular formula is C16H33N3O. The SMILES string of the molecule is CC(C)NC(=O)C(C)N1CCCCC1CNC(C)(C)C. The first kappa shape index (κ1) is 17.4. The standard InChI is InChI=1S/C16H33N3O/c1-12(2)18-15(20)13(3)19-10-8-7-9-14(19)11-17-16(4,5)6/h12-14,17H,7-11H2,1-6H3,(H,18,20). The summed E-state index contributed by atoms with van der Waals surface area (Å²) in [5.74, 6) is 0.155. The fourth-order valence-corrected chi connectivity index (χ4v) is 2.73. The lowest BCUT2D eigenvalue weighted by atomic mass is 9.98. The van der Waals surface area contributed by atoms with Crippen molar-refractivity contribution in [2.24, 2.45) is 0 Å². The van der Waals surface area contributed by atoms with Crippen molar-refractivity contribution in [3.63, 3.8) is 0 Å². The maximum atomic E-state index is 12.2. The van der Waals surface area contributed by atoms with E-state index >= 15 is 0 Å². The van der Waals surface area contributed by atoms with Gasteiger partial charge >= 0.3 is 0 Å². The van der Waals surface area contributed by atoms with Crippen LogP contribution in [0.3, 0.4) is 0 Å². The summed E-state index contributed by atoms with van der Waals surface area (Å²) in [6.07, 6.45) is 3.65. The first-order chi connectivity index (χ1) is 9.20. The van der Waals surface area contributed by atoms with E-state index in [-0.39, 0.29) is 23.5 Å². The van der Waals surface area contributed by atoms with Crippen molar-refractivity contribution in [1.82, 2.24) is 15.5 Å². The van der Waals surface area contributed by atoms with Crippen molar-refractivity contribution in [1.29, 1.82) is 0 Å². The molecule has 1 amide bonds. The Hall–Kier alpha value is -0.610. The second kappa shape index (κ2) is 7.41. The molecule has 0 aromatic rings. The summed E-state index contributed by atoms with van der Waals surface area (Å²) in [6.45, 7) is 14.6. The largest absolute Gasteiger partial charge is 0.353 e. The van der Waals surface area contributed by atoms with Crippen LogP contribution < -0.4 is 10.6 Å². The molecule has 4 heteroatoms. The van der Waals surface area contributed by atoms with E-state index in [4.69, 9.17) is 0 Å². The molecule has 20 heavy (non-hydrogen) atoms. The normalized spacial score (nSPS) is 22.9. The molecule has 1 rings (SSSR count). The Bertz CT molecular complexity index is 309. The Morgan fingerprint density at radius 3 is 2.45 bits per heavy atom. The van der Waals surface area contributed by atoms with Crippen molar-refractivity contribution in [2.75, 3.05) is 13.1 Å². The van der Waals surface area contributed by atoms with E-state index in [1.165, 1.54) is 19.3 Å². The van der Waals surface area contributed by atoms with Gasteiger partial charge in [0.05, 0.1) is 6.04 Å². The topological polar surface area (TPSA) is 44.4 Å². The van der Waals surface area contributed by atoms with Gasteiger partial charge in [-0.1, -0.05) is 6.42 Å². The highest BCUT2D eigenvalue weighted by Gasteiger charge is 2.30. The van der Waals surface area contributed by atoms with Gasteiger partial charge in [0.15, 0.2) is 0 Å². The van der Waals surface area contributed by atoms with Crippen LogP contribution in [0.25, 0.3) is 0 Å². The maximum absolute atomic E-state index is 12.2. The summed E-state index contributed by atoms with van der Waals surface area (Å²) in [4.78, 5) is 14.6. The zero-order valence-corrected chi connectivity index (χ0v) is 14.1. The second-order valence-electron chi connectivity index (χ2n) is 7.36. The first-order valence-electron chi connectivity index (χ1n) is 8.02. The van der Waals surface area contributed by atoms with Gasteiger partial charge in [0, 0.05) is 24.2 Å². The van der Waals surface area contributed by atoms with E-state index in [0.717, 1.165) is 13.1 Å². The molecule has 0 radical (unpaired) electrons. The second-order valence-corrected chi connectivity index (χ2v) is 7.36. The lowest BCUT2D eigenvalue weighted by Gasteiger charge is -2.40. The van der Waals surface area contributed by atoms with E-state index in [1.807, 2.05) is 20.8 Å². The molecule has 4 nitrogen and oxygen atoms in total. The number of nitrogens with one attached hydrogen (secondary N) is 2. The number of carbonyl (C=O) groups excluding carboxylic acids is 1. The van der Waals surface area contributed by atoms with Gasteiger partial charge in [-0.3, -0.25) is 9.69 Å². The van der Waals surface area contributed by atoms with E-state index < -0.39 is 0 Å². The monoisotopic (exact) mass is 283 g/mol. The van der Waals surface area contributed by atoms with E-state index in [0.29, 0.717) is 6.04 Å². The van der Waals surface area contributed by atoms with Crippen molar-refractivity contribution in [3.05, 3.63) is 0 Å². The maximum Gasteiger partial charge on any atom is 0.237 e. The number of piperidine rings is 1. The number of carbonyl (C=O) groups is 1. The summed E-state index contributed by atoms with van der Waals surface area (Å²) in [6, 6.07) is 0.640. The molecule has 0 spiro atoms. The molecule has 2 atom stereocenters. The van der Waals surface area contributed by atoms with Gasteiger partial charge < -0.3 is 10.6 Å². The van der Waals surface area contributed by atoms with Gasteiger partial charge in [-0.15, -0.1) is 0 Å². The molecule has 0 aromatic heterocycles. The minimum absolute atomic E-state index is 0.0375. The number of hydrogen-bond donors (Lipinski definition) is 2. The van der Waals surface area contributed by atoms with E-state index in [2.05, 4.69) is 36.3 Å². The molecule has 118 valence electrons. The number of likely N-dealkylation sites (tertiary alicyclic amines) is 1. The molecule has 2 N–H and O–H groups in total. The molecular weight excluding hydrogens is 250 g/mol. The molecule has 1 saturated heterocycles. The molecule has 1 heterocycles. The van der Waals surface area contributed by atoms with E-state index in [9.17, 15) is 4.79 Å². The lowest BCUT2D eigenvalue weighted by molar-refractivity contribution is -0.127. The average molecular weight is 283 g/mol. The van der Waals surface area contributed by atoms with Crippen LogP contribution in [-0.2, 0) is 4.79 Å². The predicted molar refractivity (Wildman–Crippen MR) is 84.8 cm³/mol. The molecule has 1 aliphatic rings. The zero-order valence-electron chi connectivity index (χ0n) is 14.1. The summed E-state index contributed by atoms with van der Waals surface area (Å²) < 4.78 is 0. The van der Waals surface area contributed by atoms with Crippen LogP contribution in [0.1, 0.15) is 60.8 Å². The Labute approximate surface area is 124 Å². The summed E-state index contributed by atoms with van der Waals surface area (Å²) in [5, 5.41) is 6.61. The number of nitrogens with zero attached hydrogens (tertiary/aromatic N) is 1. The Morgan fingerprint density at radius 2 is 1.90 bits per heavy atom. The fourth-order valence-electron chi connectivity index (χ4n) is 2.73. The molecule has 0 saturated carbocycles. The highest BCUT2D eigenvalue weighted by Crippen LogP contribution is 2.20. The molecule has 1 fully saturated rings. The number of rotatable bonds is 5. The van der Waals surface area contributed by atoms with Crippen molar-refractivity contribution in [2.45, 2.75) is 84.5 Å². The smallest absolute Gasteiger partial charge is 0.237 e. The Morgan fingerprint density at radius 1 is 1.25 bits per heavy atom. The number of amides is 1. The van der Waals surface area contributed by atoms with Crippen LogP contribution in [0.4, 0.5) is 0 Å². The van der Waals surface area contributed by atoms with Crippen molar-refractivity contribution in [3.8, 4) is 0 Å². The summed E-state index contributed by atoms with van der Waals surface area (Å²) >= 11 is 0. The van der Waals surface area contributed by atoms with Crippen LogP contribution in [0, 0.1) is 0 Å². The van der Waals surface area contributed by atoms with E-state index in [1.54, 1.807) is 0 Å². The lowest BCUT2D eigenvalue weighted by Crippen LogP contribution is -2.56. The van der Waals surface area contributed by atoms with Crippen LogP contribution in [0.2, 0.25) is 0 Å². The third-order valence-electron chi connectivity index (χ3n) is 3.85. The molecule has 0 aliphatic carbocycles. The molecule has 0 aromatic carbocycles. The van der Waals surface area contributed by atoms with Crippen LogP contribution in [0.5, 0.6) is 0 Å². The Kier molecular flexibility index (Phi) is 6.46. The van der Waals surface area contributed by atoms with Gasteiger partial charge in [0.2, 0.25) is 5.91 Å². The van der Waals surface area contributed by atoms with Gasteiger partial charge in [0.25, 0.3) is 0 Å². The van der Waals surface area contributed by atoms with Crippen LogP contribution in [-0.4, -0.2) is 47.6 Å². The van der Waals surface area contributed by atoms with Gasteiger partial charge in [-0.25, -0.2) is 0 Å². The molecule has 1 aliphatic heterocycles. The third kappa shape index (κ3) is 5.80. The van der Waals surface area contributed by atoms with Gasteiger partial charge in [-0.2, -0.15) is 0 Å². The zero-order chi connectivity index (χ0) is 15.3. The van der Waals surface area contributed by atoms with Gasteiger partial charge in [0.1, 0.15) is 0 Å². The summed E-state index contributed by atoms with van der Waals surface area (Å²) in [7, 11) is 0. The Balaban J connectivity index is 2.61. The fraction of sp³-hybridized carbons (Fsp3) is 0.938. The summed E-state index contributed by atoms with van der Waals surface area (Å²) in [5.41, 5.74) is 0.131. The van der Waals surface area contributed by atoms with Crippen molar-refractivity contribution < 1.29 is 4.79 Å². The first-order valence-corrected chi connectivity index (χ1v) is 8.02.